The molecule has 2 nitrogen and oxygen atoms in total. The minimum Gasteiger partial charge on any atom is -0.237 e. The quantitative estimate of drug-likeness (QED) is 0.175. The van der Waals surface area contributed by atoms with Crippen molar-refractivity contribution < 1.29 is 0 Å². The van der Waals surface area contributed by atoms with Gasteiger partial charge in [0.1, 0.15) is 0 Å². The highest BCUT2D eigenvalue weighted by Gasteiger charge is 2.16. The zero-order valence-electron chi connectivity index (χ0n) is 18.8. The third kappa shape index (κ3) is 9.79. The van der Waals surface area contributed by atoms with E-state index >= 15 is 0 Å². The fraction of sp³-hybridized carbons (Fsp3) is 0.750. The van der Waals surface area contributed by atoms with Crippen LogP contribution in [0.15, 0.2) is 7.57 Å². The summed E-state index contributed by atoms with van der Waals surface area (Å²) in [5.74, 6) is 0. The molecule has 0 atom stereocenters. The molecule has 0 radical (unpaired) electrons. The van der Waals surface area contributed by atoms with Crippen molar-refractivity contribution in [2.45, 2.75) is 117 Å². The van der Waals surface area contributed by atoms with Gasteiger partial charge < -0.3 is 0 Å². The fourth-order valence-corrected chi connectivity index (χ4v) is 6.85. The van der Waals surface area contributed by atoms with Crippen LogP contribution in [0.4, 0.5) is 0 Å². The molecule has 2 heterocycles. The molecule has 0 aliphatic carbocycles. The zero-order valence-corrected chi connectivity index (χ0v) is 23.6. The van der Waals surface area contributed by atoms with E-state index in [1.807, 2.05) is 0 Å². The molecule has 0 spiro atoms. The van der Waals surface area contributed by atoms with Crippen LogP contribution in [-0.4, -0.2) is 9.97 Å². The monoisotopic (exact) mass is 576 g/mol. The summed E-state index contributed by atoms with van der Waals surface area (Å²) in [6.45, 7) is 4.55. The van der Waals surface area contributed by atoms with Gasteiger partial charge in [0.05, 0.1) is 19.0 Å². The van der Waals surface area contributed by atoms with E-state index in [1.165, 1.54) is 109 Å². The molecule has 2 aromatic heterocycles. The number of aryl methyl sites for hydroxylation is 2. The maximum absolute atomic E-state index is 4.92. The minimum absolute atomic E-state index is 1.07. The number of halogens is 2. The second kappa shape index (κ2) is 15.9. The number of hydrogen-bond acceptors (Lipinski definition) is 4. The molecule has 0 amide bonds. The van der Waals surface area contributed by atoms with Gasteiger partial charge in [-0.05, 0) is 57.5 Å². The largest absolute Gasteiger partial charge is 0.237 e. The number of rotatable bonds is 17. The highest BCUT2D eigenvalue weighted by molar-refractivity contribution is 9.11. The topological polar surface area (TPSA) is 25.8 Å². The van der Waals surface area contributed by atoms with Crippen LogP contribution in [0, 0.1) is 0 Å². The molecule has 2 rings (SSSR count). The number of aromatic nitrogens is 2. The molecule has 0 aromatic carbocycles. The third-order valence-electron chi connectivity index (χ3n) is 5.52. The van der Waals surface area contributed by atoms with E-state index in [1.54, 1.807) is 22.7 Å². The Kier molecular flexibility index (Phi) is 14.1. The van der Waals surface area contributed by atoms with Gasteiger partial charge in [0, 0.05) is 0 Å². The molecule has 0 fully saturated rings. The molecule has 0 N–H and O–H groups in total. The molecule has 0 saturated heterocycles. The lowest BCUT2D eigenvalue weighted by molar-refractivity contribution is 0.587. The van der Waals surface area contributed by atoms with Gasteiger partial charge >= 0.3 is 0 Å². The molecule has 30 heavy (non-hydrogen) atoms. The highest BCUT2D eigenvalue weighted by atomic mass is 79.9. The van der Waals surface area contributed by atoms with Crippen molar-refractivity contribution in [3.8, 4) is 10.0 Å². The average molecular weight is 579 g/mol. The summed E-state index contributed by atoms with van der Waals surface area (Å²) >= 11 is 11.0. The number of unbranched alkanes of at least 4 members (excludes halogenated alkanes) is 12. The Hall–Kier alpha value is 0.220. The lowest BCUT2D eigenvalue weighted by atomic mass is 10.1. The van der Waals surface area contributed by atoms with Gasteiger partial charge in [-0.3, -0.25) is 0 Å². The third-order valence-corrected chi connectivity index (χ3v) is 9.32. The van der Waals surface area contributed by atoms with E-state index < -0.39 is 0 Å². The predicted molar refractivity (Wildman–Crippen MR) is 142 cm³/mol. The molecular formula is C24H38Br2N2S2. The molecule has 0 aliphatic heterocycles. The maximum atomic E-state index is 4.92. The van der Waals surface area contributed by atoms with Crippen LogP contribution in [0.25, 0.3) is 10.0 Å². The molecule has 2 aromatic rings. The Bertz CT molecular complexity index is 652. The Morgan fingerprint density at radius 2 is 0.867 bits per heavy atom. The first-order valence-electron chi connectivity index (χ1n) is 12.0. The van der Waals surface area contributed by atoms with E-state index in [0.717, 1.165) is 22.9 Å². The van der Waals surface area contributed by atoms with Gasteiger partial charge in [-0.25, -0.2) is 9.97 Å². The van der Waals surface area contributed by atoms with Gasteiger partial charge in [-0.1, -0.05) is 90.9 Å². The zero-order chi connectivity index (χ0) is 21.6. The van der Waals surface area contributed by atoms with Gasteiger partial charge in [0.15, 0.2) is 10.0 Å². The number of nitrogens with zero attached hydrogens (tertiary/aromatic N) is 2. The van der Waals surface area contributed by atoms with Gasteiger partial charge in [-0.15, -0.1) is 22.7 Å². The molecule has 0 aliphatic rings. The van der Waals surface area contributed by atoms with Crippen LogP contribution in [0.2, 0.25) is 0 Å². The first kappa shape index (κ1) is 26.5. The summed E-state index contributed by atoms with van der Waals surface area (Å²) in [7, 11) is 0. The van der Waals surface area contributed by atoms with Crippen molar-refractivity contribution in [1.29, 1.82) is 0 Å². The Balaban J connectivity index is 1.76. The first-order valence-corrected chi connectivity index (χ1v) is 15.2. The van der Waals surface area contributed by atoms with Crippen molar-refractivity contribution >= 4 is 54.5 Å². The van der Waals surface area contributed by atoms with Crippen LogP contribution >= 0.6 is 54.5 Å². The smallest absolute Gasteiger partial charge is 0.153 e. The average Bonchev–Trinajstić information content (AvgIpc) is 3.29. The second-order valence-corrected chi connectivity index (χ2v) is 12.9. The SMILES string of the molecule is CCCCCCCCCc1nc(-c2nc(CCCCCCCCC)c(Br)s2)sc1Br. The molecule has 6 heteroatoms. The molecular weight excluding hydrogens is 540 g/mol. The van der Waals surface area contributed by atoms with Crippen molar-refractivity contribution in [3.05, 3.63) is 19.0 Å². The molecule has 0 saturated carbocycles. The van der Waals surface area contributed by atoms with E-state index in [9.17, 15) is 0 Å². The number of hydrogen-bond donors (Lipinski definition) is 0. The van der Waals surface area contributed by atoms with Crippen molar-refractivity contribution in [2.75, 3.05) is 0 Å². The molecule has 0 bridgehead atoms. The van der Waals surface area contributed by atoms with Crippen LogP contribution in [0.3, 0.4) is 0 Å². The summed E-state index contributed by atoms with van der Waals surface area (Å²) in [5.41, 5.74) is 2.42. The van der Waals surface area contributed by atoms with E-state index in [-0.39, 0.29) is 0 Å². The van der Waals surface area contributed by atoms with E-state index in [2.05, 4.69) is 45.7 Å². The van der Waals surface area contributed by atoms with Crippen LogP contribution in [-0.2, 0) is 12.8 Å². The number of thiazole rings is 2. The normalized spacial score (nSPS) is 11.5. The van der Waals surface area contributed by atoms with Crippen molar-refractivity contribution in [3.63, 3.8) is 0 Å². The fourth-order valence-electron chi connectivity index (χ4n) is 3.66. The van der Waals surface area contributed by atoms with E-state index in [4.69, 9.17) is 9.97 Å². The summed E-state index contributed by atoms with van der Waals surface area (Å²) in [5, 5.41) is 2.13. The first-order chi connectivity index (χ1) is 14.7. The Morgan fingerprint density at radius 3 is 1.23 bits per heavy atom. The molecule has 0 unspecified atom stereocenters. The standard InChI is InChI=1S/C24H38Br2N2S2/c1-3-5-7-9-11-13-15-17-19-21(25)29-23(27-19)24-28-20(22(26)30-24)18-16-14-12-10-8-6-4-2/h3-18H2,1-2H3. The van der Waals surface area contributed by atoms with Gasteiger partial charge in [0.2, 0.25) is 0 Å². The maximum Gasteiger partial charge on any atom is 0.153 e. The summed E-state index contributed by atoms with van der Waals surface area (Å²) in [6.07, 6.45) is 20.9. The van der Waals surface area contributed by atoms with Gasteiger partial charge in [0.25, 0.3) is 0 Å². The van der Waals surface area contributed by atoms with Crippen LogP contribution in [0.5, 0.6) is 0 Å². The predicted octanol–water partition coefficient (Wildman–Crippen LogP) is 10.4. The Labute approximate surface area is 209 Å². The van der Waals surface area contributed by atoms with Crippen LogP contribution in [0.1, 0.15) is 115 Å². The van der Waals surface area contributed by atoms with Crippen molar-refractivity contribution in [2.24, 2.45) is 0 Å². The molecule has 170 valence electrons. The van der Waals surface area contributed by atoms with Gasteiger partial charge in [-0.2, -0.15) is 0 Å². The van der Waals surface area contributed by atoms with Crippen LogP contribution < -0.4 is 0 Å². The summed E-state index contributed by atoms with van der Waals surface area (Å²) in [6, 6.07) is 0. The second-order valence-electron chi connectivity index (χ2n) is 8.22. The Morgan fingerprint density at radius 1 is 0.533 bits per heavy atom. The lowest BCUT2D eigenvalue weighted by Crippen LogP contribution is -1.89. The van der Waals surface area contributed by atoms with E-state index in [0.29, 0.717) is 0 Å². The highest BCUT2D eigenvalue weighted by Crippen LogP contribution is 2.38. The lowest BCUT2D eigenvalue weighted by Gasteiger charge is -2.00. The minimum atomic E-state index is 1.07. The summed E-state index contributed by atoms with van der Waals surface area (Å²) in [4.78, 5) is 9.84. The van der Waals surface area contributed by atoms with Crippen molar-refractivity contribution in [1.82, 2.24) is 9.97 Å². The summed E-state index contributed by atoms with van der Waals surface area (Å²) < 4.78 is 2.37.